The summed E-state index contributed by atoms with van der Waals surface area (Å²) in [7, 11) is 0. The van der Waals surface area contributed by atoms with Crippen LogP contribution in [0.3, 0.4) is 0 Å². The Labute approximate surface area is 50.2 Å². The van der Waals surface area contributed by atoms with Crippen molar-refractivity contribution in [2.45, 2.75) is 25.8 Å². The van der Waals surface area contributed by atoms with Gasteiger partial charge < -0.3 is 0 Å². The van der Waals surface area contributed by atoms with Gasteiger partial charge in [0.2, 0.25) is 0 Å². The predicted octanol–water partition coefficient (Wildman–Crippen LogP) is 1.32. The molecule has 0 aromatic rings. The monoisotopic (exact) mass is 117 g/mol. The van der Waals surface area contributed by atoms with E-state index >= 15 is 0 Å². The zero-order valence-electron chi connectivity index (χ0n) is 4.59. The lowest BCUT2D eigenvalue weighted by molar-refractivity contribution is 0.473. The van der Waals surface area contributed by atoms with E-state index in [1.165, 1.54) is 19.4 Å². The maximum atomic E-state index is 4.22. The maximum absolute atomic E-state index is 4.22. The molecule has 1 saturated heterocycles. The van der Waals surface area contributed by atoms with Crippen LogP contribution in [0, 0.1) is 0 Å². The molecule has 0 spiro atoms. The fourth-order valence-corrected chi connectivity index (χ4v) is 1.17. The largest absolute Gasteiger partial charge is 0.250 e. The van der Waals surface area contributed by atoms with Crippen molar-refractivity contribution in [3.05, 3.63) is 0 Å². The average Bonchev–Trinajstić information content (AvgIpc) is 1.91. The van der Waals surface area contributed by atoms with E-state index in [1.807, 2.05) is 0 Å². The molecule has 0 aromatic carbocycles. The highest BCUT2D eigenvalue weighted by Gasteiger charge is 2.15. The summed E-state index contributed by atoms with van der Waals surface area (Å²) in [5.74, 6) is 0. The summed E-state index contributed by atoms with van der Waals surface area (Å²) in [6.07, 6.45) is 2.65. The van der Waals surface area contributed by atoms with E-state index in [4.69, 9.17) is 0 Å². The number of rotatable bonds is 0. The molecule has 1 nitrogen and oxygen atoms in total. The molecule has 1 heterocycles. The molecule has 0 amide bonds. The number of hydrogen-bond acceptors (Lipinski definition) is 2. The van der Waals surface area contributed by atoms with Crippen molar-refractivity contribution in [3.8, 4) is 0 Å². The fourth-order valence-electron chi connectivity index (χ4n) is 0.918. The zero-order valence-corrected chi connectivity index (χ0v) is 5.49. The van der Waals surface area contributed by atoms with Crippen LogP contribution in [0.4, 0.5) is 0 Å². The minimum atomic E-state index is 0.711. The summed E-state index contributed by atoms with van der Waals surface area (Å²) in [6.45, 7) is 3.38. The van der Waals surface area contributed by atoms with Crippen LogP contribution in [0.2, 0.25) is 0 Å². The first-order valence-electron chi connectivity index (χ1n) is 2.76. The number of thiol groups is 1. The molecule has 0 unspecified atom stereocenters. The van der Waals surface area contributed by atoms with E-state index in [1.54, 1.807) is 0 Å². The van der Waals surface area contributed by atoms with Gasteiger partial charge >= 0.3 is 0 Å². The van der Waals surface area contributed by atoms with Gasteiger partial charge in [-0.05, 0) is 19.8 Å². The Hall–Kier alpha value is 0.310. The number of nitrogens with zero attached hydrogens (tertiary/aromatic N) is 1. The van der Waals surface area contributed by atoms with Crippen LogP contribution in [0.15, 0.2) is 0 Å². The highest BCUT2D eigenvalue weighted by Crippen LogP contribution is 2.16. The van der Waals surface area contributed by atoms with Crippen molar-refractivity contribution >= 4 is 12.8 Å². The van der Waals surface area contributed by atoms with E-state index in [-0.39, 0.29) is 0 Å². The van der Waals surface area contributed by atoms with Gasteiger partial charge in [0.15, 0.2) is 0 Å². The Morgan fingerprint density at radius 1 is 1.71 bits per heavy atom. The molecule has 1 atom stereocenters. The van der Waals surface area contributed by atoms with Gasteiger partial charge in [0.1, 0.15) is 0 Å². The molecule has 42 valence electrons. The Bertz CT molecular complexity index is 57.1. The van der Waals surface area contributed by atoms with Gasteiger partial charge in [-0.15, -0.1) is 0 Å². The number of hydrogen-bond donors (Lipinski definition) is 1. The Morgan fingerprint density at radius 2 is 2.43 bits per heavy atom. The van der Waals surface area contributed by atoms with Crippen molar-refractivity contribution < 1.29 is 0 Å². The van der Waals surface area contributed by atoms with E-state index in [0.717, 1.165) is 0 Å². The molecule has 7 heavy (non-hydrogen) atoms. The molecule has 1 aliphatic rings. The van der Waals surface area contributed by atoms with E-state index < -0.39 is 0 Å². The molecular weight excluding hydrogens is 106 g/mol. The lowest BCUT2D eigenvalue weighted by Crippen LogP contribution is -2.14. The lowest BCUT2D eigenvalue weighted by Gasteiger charge is -2.10. The molecule has 1 fully saturated rings. The van der Waals surface area contributed by atoms with Gasteiger partial charge in [-0.3, -0.25) is 4.31 Å². The van der Waals surface area contributed by atoms with Crippen molar-refractivity contribution in [3.63, 3.8) is 0 Å². The first kappa shape index (κ1) is 5.45. The quantitative estimate of drug-likeness (QED) is 0.468. The minimum Gasteiger partial charge on any atom is -0.250 e. The summed E-state index contributed by atoms with van der Waals surface area (Å²) < 4.78 is 2.10. The van der Waals surface area contributed by atoms with Crippen molar-refractivity contribution in [1.29, 1.82) is 0 Å². The van der Waals surface area contributed by atoms with Gasteiger partial charge in [0.25, 0.3) is 0 Å². The van der Waals surface area contributed by atoms with Crippen LogP contribution in [0.1, 0.15) is 19.8 Å². The van der Waals surface area contributed by atoms with Gasteiger partial charge in [-0.25, -0.2) is 0 Å². The second-order valence-electron chi connectivity index (χ2n) is 2.15. The third kappa shape index (κ3) is 1.10. The van der Waals surface area contributed by atoms with Crippen LogP contribution in [-0.2, 0) is 0 Å². The standard InChI is InChI=1S/C5H11NS/c1-5-3-2-4-6(5)7/h5,7H,2-4H2,1H3/t5-/m0/s1. The maximum Gasteiger partial charge on any atom is 0.0172 e. The molecule has 1 aliphatic heterocycles. The van der Waals surface area contributed by atoms with Gasteiger partial charge in [-0.2, -0.15) is 0 Å². The van der Waals surface area contributed by atoms with Crippen LogP contribution in [-0.4, -0.2) is 16.9 Å². The summed E-state index contributed by atoms with van der Waals surface area (Å²) in [6, 6.07) is 0.711. The summed E-state index contributed by atoms with van der Waals surface area (Å²) in [5.41, 5.74) is 0. The zero-order chi connectivity index (χ0) is 5.28. The average molecular weight is 117 g/mol. The topological polar surface area (TPSA) is 3.24 Å². The summed E-state index contributed by atoms with van der Waals surface area (Å²) >= 11 is 4.22. The first-order valence-corrected chi connectivity index (χ1v) is 3.16. The van der Waals surface area contributed by atoms with Gasteiger partial charge in [0, 0.05) is 12.6 Å². The smallest absolute Gasteiger partial charge is 0.0172 e. The minimum absolute atomic E-state index is 0.711. The highest BCUT2D eigenvalue weighted by molar-refractivity contribution is 7.77. The van der Waals surface area contributed by atoms with Gasteiger partial charge in [-0.1, -0.05) is 12.8 Å². The van der Waals surface area contributed by atoms with Crippen molar-refractivity contribution in [1.82, 2.24) is 4.31 Å². The van der Waals surface area contributed by atoms with Crippen molar-refractivity contribution in [2.75, 3.05) is 6.54 Å². The van der Waals surface area contributed by atoms with Crippen LogP contribution >= 0.6 is 12.8 Å². The molecule has 1 rings (SSSR count). The summed E-state index contributed by atoms with van der Waals surface area (Å²) in [5, 5.41) is 0. The lowest BCUT2D eigenvalue weighted by atomic mass is 10.3. The van der Waals surface area contributed by atoms with Gasteiger partial charge in [0.05, 0.1) is 0 Å². The SMILES string of the molecule is C[C@H]1CCCN1S. The molecule has 2 heteroatoms. The van der Waals surface area contributed by atoms with Crippen LogP contribution in [0.25, 0.3) is 0 Å². The second-order valence-corrected chi connectivity index (χ2v) is 2.67. The van der Waals surface area contributed by atoms with Crippen LogP contribution in [0.5, 0.6) is 0 Å². The first-order chi connectivity index (χ1) is 3.30. The molecular formula is C5H11NS. The van der Waals surface area contributed by atoms with E-state index in [9.17, 15) is 0 Å². The third-order valence-electron chi connectivity index (χ3n) is 1.52. The normalized spacial score (nSPS) is 34.3. The molecule has 0 aliphatic carbocycles. The Balaban J connectivity index is 2.33. The second kappa shape index (κ2) is 2.05. The van der Waals surface area contributed by atoms with E-state index in [2.05, 4.69) is 24.0 Å². The van der Waals surface area contributed by atoms with Crippen molar-refractivity contribution in [2.24, 2.45) is 0 Å². The molecule has 0 radical (unpaired) electrons. The molecule has 0 aromatic heterocycles. The molecule has 0 saturated carbocycles. The fraction of sp³-hybridized carbons (Fsp3) is 1.00. The van der Waals surface area contributed by atoms with E-state index in [0.29, 0.717) is 6.04 Å². The Kier molecular flexibility index (Phi) is 1.60. The molecule has 0 N–H and O–H groups in total. The highest BCUT2D eigenvalue weighted by atomic mass is 32.1. The predicted molar refractivity (Wildman–Crippen MR) is 34.4 cm³/mol. The molecule has 0 bridgehead atoms. The van der Waals surface area contributed by atoms with Crippen LogP contribution < -0.4 is 0 Å². The summed E-state index contributed by atoms with van der Waals surface area (Å²) in [4.78, 5) is 0. The Morgan fingerprint density at radius 3 is 2.57 bits per heavy atom. The third-order valence-corrected chi connectivity index (χ3v) is 2.11.